The van der Waals surface area contributed by atoms with E-state index in [-0.39, 0.29) is 18.0 Å². The van der Waals surface area contributed by atoms with Crippen LogP contribution in [0.15, 0.2) is 35.1 Å². The molecule has 0 atom stereocenters. The van der Waals surface area contributed by atoms with Crippen LogP contribution in [-0.2, 0) is 11.3 Å². The van der Waals surface area contributed by atoms with Crippen molar-refractivity contribution in [3.63, 3.8) is 0 Å². The molecule has 3 rings (SSSR count). The van der Waals surface area contributed by atoms with E-state index >= 15 is 0 Å². The van der Waals surface area contributed by atoms with Crippen LogP contribution in [0.3, 0.4) is 0 Å². The molecule has 1 N–H and O–H groups in total. The molecule has 1 saturated heterocycles. The molecule has 1 aliphatic rings. The minimum absolute atomic E-state index is 0.186. The Balaban J connectivity index is 1.73. The number of hydrogen-bond acceptors (Lipinski definition) is 5. The van der Waals surface area contributed by atoms with Gasteiger partial charge in [0.05, 0.1) is 10.7 Å². The van der Waals surface area contributed by atoms with Gasteiger partial charge in [-0.05, 0) is 24.3 Å². The maximum atomic E-state index is 12.2. The van der Waals surface area contributed by atoms with Crippen LogP contribution in [0.1, 0.15) is 0 Å². The summed E-state index contributed by atoms with van der Waals surface area (Å²) >= 11 is 13.8. The second-order valence-electron chi connectivity index (χ2n) is 5.46. The molecule has 0 saturated carbocycles. The van der Waals surface area contributed by atoms with Gasteiger partial charge in [0, 0.05) is 35.7 Å². The summed E-state index contributed by atoms with van der Waals surface area (Å²) in [5.74, 6) is 2.37. The van der Waals surface area contributed by atoms with Crippen molar-refractivity contribution in [1.82, 2.24) is 9.78 Å². The predicted molar refractivity (Wildman–Crippen MR) is 103 cm³/mol. The molecule has 2 heterocycles. The Hall–Kier alpha value is -1.70. The Labute approximate surface area is 159 Å². The minimum Gasteiger partial charge on any atom is -0.354 e. The highest BCUT2D eigenvalue weighted by Crippen LogP contribution is 2.25. The van der Waals surface area contributed by atoms with E-state index in [0.29, 0.717) is 21.6 Å². The summed E-state index contributed by atoms with van der Waals surface area (Å²) in [7, 11) is 0. The smallest absolute Gasteiger partial charge is 0.267 e. The van der Waals surface area contributed by atoms with Crippen LogP contribution in [0, 0.1) is 0 Å². The maximum Gasteiger partial charge on any atom is 0.267 e. The SMILES string of the molecule is O=C(Cn1nc(N2CCSCC2)ccc1=O)Nc1ccc(Cl)cc1Cl. The summed E-state index contributed by atoms with van der Waals surface area (Å²) in [5.41, 5.74) is 0.112. The van der Waals surface area contributed by atoms with Gasteiger partial charge in [-0.25, -0.2) is 4.68 Å². The van der Waals surface area contributed by atoms with Crippen LogP contribution < -0.4 is 15.8 Å². The van der Waals surface area contributed by atoms with Crippen LogP contribution >= 0.6 is 35.0 Å². The number of nitrogens with one attached hydrogen (secondary N) is 1. The molecule has 1 aromatic carbocycles. The Morgan fingerprint density at radius 1 is 1.20 bits per heavy atom. The first kappa shape index (κ1) is 18.1. The van der Waals surface area contributed by atoms with Gasteiger partial charge in [-0.1, -0.05) is 23.2 Å². The molecule has 6 nitrogen and oxygen atoms in total. The summed E-state index contributed by atoms with van der Waals surface area (Å²) in [4.78, 5) is 26.4. The fourth-order valence-corrected chi connectivity index (χ4v) is 3.79. The van der Waals surface area contributed by atoms with Gasteiger partial charge >= 0.3 is 0 Å². The molecule has 1 fully saturated rings. The lowest BCUT2D eigenvalue weighted by Crippen LogP contribution is -2.36. The molecule has 0 aliphatic carbocycles. The van der Waals surface area contributed by atoms with Gasteiger partial charge < -0.3 is 10.2 Å². The van der Waals surface area contributed by atoms with Crippen LogP contribution in [0.2, 0.25) is 10.0 Å². The molecule has 0 spiro atoms. The molecule has 9 heteroatoms. The molecule has 0 radical (unpaired) electrons. The number of aromatic nitrogens is 2. The molecule has 25 heavy (non-hydrogen) atoms. The number of rotatable bonds is 4. The van der Waals surface area contributed by atoms with Crippen LogP contribution in [0.4, 0.5) is 11.5 Å². The van der Waals surface area contributed by atoms with Crippen LogP contribution in [-0.4, -0.2) is 40.3 Å². The van der Waals surface area contributed by atoms with Gasteiger partial charge in [0.2, 0.25) is 5.91 Å². The van der Waals surface area contributed by atoms with Gasteiger partial charge in [0.1, 0.15) is 12.4 Å². The average molecular weight is 399 g/mol. The van der Waals surface area contributed by atoms with Crippen molar-refractivity contribution in [1.29, 1.82) is 0 Å². The Bertz CT molecular complexity index is 837. The van der Waals surface area contributed by atoms with E-state index in [4.69, 9.17) is 23.2 Å². The zero-order valence-corrected chi connectivity index (χ0v) is 15.6. The molecule has 1 amide bonds. The van der Waals surface area contributed by atoms with Gasteiger partial charge in [0.25, 0.3) is 5.56 Å². The number of thioether (sulfide) groups is 1. The third kappa shape index (κ3) is 4.68. The second kappa shape index (κ2) is 8.12. The van der Waals surface area contributed by atoms with Crippen molar-refractivity contribution in [2.75, 3.05) is 34.8 Å². The van der Waals surface area contributed by atoms with E-state index in [2.05, 4.69) is 15.3 Å². The van der Waals surface area contributed by atoms with Gasteiger partial charge in [0.15, 0.2) is 0 Å². The van der Waals surface area contributed by atoms with E-state index in [1.807, 2.05) is 11.8 Å². The van der Waals surface area contributed by atoms with Crippen LogP contribution in [0.5, 0.6) is 0 Å². The van der Waals surface area contributed by atoms with Crippen molar-refractivity contribution >= 4 is 52.4 Å². The summed E-state index contributed by atoms with van der Waals surface area (Å²) < 4.78 is 1.16. The first-order valence-electron chi connectivity index (χ1n) is 7.69. The quantitative estimate of drug-likeness (QED) is 0.857. The lowest BCUT2D eigenvalue weighted by molar-refractivity contribution is -0.117. The number of hydrogen-bond donors (Lipinski definition) is 1. The highest BCUT2D eigenvalue weighted by molar-refractivity contribution is 7.99. The number of carbonyl (C=O) groups excluding carboxylic acids is 1. The lowest BCUT2D eigenvalue weighted by Gasteiger charge is -2.27. The van der Waals surface area contributed by atoms with E-state index in [9.17, 15) is 9.59 Å². The summed E-state index contributed by atoms with van der Waals surface area (Å²) in [6.07, 6.45) is 0. The molecule has 1 aromatic heterocycles. The normalized spacial score (nSPS) is 14.4. The zero-order chi connectivity index (χ0) is 17.8. The highest BCUT2D eigenvalue weighted by Gasteiger charge is 2.15. The van der Waals surface area contributed by atoms with E-state index in [1.165, 1.54) is 12.1 Å². The zero-order valence-electron chi connectivity index (χ0n) is 13.2. The standard InChI is InChI=1S/C16H16Cl2N4O2S/c17-11-1-2-13(12(18)9-11)19-15(23)10-22-16(24)4-3-14(20-22)21-5-7-25-8-6-21/h1-4,9H,5-8,10H2,(H,19,23). The third-order valence-corrected chi connectivity index (χ3v) is 5.18. The monoisotopic (exact) mass is 398 g/mol. The number of nitrogens with zero attached hydrogens (tertiary/aromatic N) is 3. The number of amides is 1. The first-order valence-corrected chi connectivity index (χ1v) is 9.60. The minimum atomic E-state index is -0.384. The first-order chi connectivity index (χ1) is 12.0. The van der Waals surface area contributed by atoms with Crippen molar-refractivity contribution < 1.29 is 4.79 Å². The largest absolute Gasteiger partial charge is 0.354 e. The van der Waals surface area contributed by atoms with Gasteiger partial charge in [-0.2, -0.15) is 16.9 Å². The van der Waals surface area contributed by atoms with Crippen molar-refractivity contribution in [2.24, 2.45) is 0 Å². The summed E-state index contributed by atoms with van der Waals surface area (Å²) in [6, 6.07) is 7.91. The van der Waals surface area contributed by atoms with Crippen molar-refractivity contribution in [3.05, 3.63) is 50.7 Å². The lowest BCUT2D eigenvalue weighted by atomic mass is 10.3. The average Bonchev–Trinajstić information content (AvgIpc) is 2.60. The van der Waals surface area contributed by atoms with Gasteiger partial charge in [-0.15, -0.1) is 0 Å². The molecule has 0 unspecified atom stereocenters. The number of benzene rings is 1. The van der Waals surface area contributed by atoms with Crippen LogP contribution in [0.25, 0.3) is 0 Å². The molecule has 0 bridgehead atoms. The molecule has 132 valence electrons. The number of anilines is 2. The second-order valence-corrected chi connectivity index (χ2v) is 7.53. The predicted octanol–water partition coefficient (Wildman–Crippen LogP) is 2.74. The number of carbonyl (C=O) groups is 1. The molecule has 2 aromatic rings. The summed E-state index contributed by atoms with van der Waals surface area (Å²) in [5, 5.41) is 7.80. The van der Waals surface area contributed by atoms with E-state index < -0.39 is 0 Å². The Morgan fingerprint density at radius 2 is 1.96 bits per heavy atom. The molecule has 1 aliphatic heterocycles. The van der Waals surface area contributed by atoms with E-state index in [1.54, 1.807) is 18.2 Å². The molecular weight excluding hydrogens is 383 g/mol. The highest BCUT2D eigenvalue weighted by atomic mass is 35.5. The summed E-state index contributed by atoms with van der Waals surface area (Å²) in [6.45, 7) is 1.57. The fraction of sp³-hybridized carbons (Fsp3) is 0.312. The third-order valence-electron chi connectivity index (χ3n) is 3.69. The van der Waals surface area contributed by atoms with Crippen molar-refractivity contribution in [2.45, 2.75) is 6.54 Å². The number of halogens is 2. The van der Waals surface area contributed by atoms with E-state index in [0.717, 1.165) is 29.3 Å². The topological polar surface area (TPSA) is 67.2 Å². The van der Waals surface area contributed by atoms with Gasteiger partial charge in [-0.3, -0.25) is 9.59 Å². The Kier molecular flexibility index (Phi) is 5.88. The molecular formula is C16H16Cl2N4O2S. The Morgan fingerprint density at radius 3 is 2.68 bits per heavy atom. The van der Waals surface area contributed by atoms with Crippen molar-refractivity contribution in [3.8, 4) is 0 Å². The maximum absolute atomic E-state index is 12.2. The fourth-order valence-electron chi connectivity index (χ4n) is 2.43.